The van der Waals surface area contributed by atoms with Gasteiger partial charge in [-0.2, -0.15) is 4.98 Å². The van der Waals surface area contributed by atoms with E-state index < -0.39 is 0 Å². The molecule has 2 aromatic heterocycles. The lowest BCUT2D eigenvalue weighted by atomic mass is 10.0. The third kappa shape index (κ3) is 4.63. The molecule has 0 saturated heterocycles. The van der Waals surface area contributed by atoms with E-state index in [1.165, 1.54) is 25.7 Å². The first-order valence-electron chi connectivity index (χ1n) is 9.52. The zero-order chi connectivity index (χ0) is 18.5. The number of carbonyl (C=O) groups excluding carboxylic acids is 1. The van der Waals surface area contributed by atoms with E-state index in [9.17, 15) is 4.79 Å². The first-order chi connectivity index (χ1) is 13.3. The maximum atomic E-state index is 12.4. The van der Waals surface area contributed by atoms with Gasteiger partial charge < -0.3 is 9.84 Å². The number of para-hydroxylation sites is 1. The summed E-state index contributed by atoms with van der Waals surface area (Å²) in [6.45, 7) is 0. The first kappa shape index (κ1) is 17.9. The summed E-state index contributed by atoms with van der Waals surface area (Å²) in [5.74, 6) is 1.96. The number of hydrogen-bond acceptors (Lipinski definition) is 5. The minimum Gasteiger partial charge on any atom is -0.339 e. The van der Waals surface area contributed by atoms with Gasteiger partial charge in [-0.05, 0) is 35.4 Å². The molecule has 0 radical (unpaired) electrons. The summed E-state index contributed by atoms with van der Waals surface area (Å²) in [4.78, 5) is 17.8. The van der Waals surface area contributed by atoms with Gasteiger partial charge in [0.05, 0.1) is 11.3 Å². The molecule has 0 atom stereocenters. The minimum absolute atomic E-state index is 0.0825. The number of hydrogen-bond donors (Lipinski definition) is 1. The number of nitrogens with zero attached hydrogens (tertiary/aromatic N) is 2. The molecule has 1 aliphatic rings. The smallest absolute Gasteiger partial charge is 0.231 e. The highest BCUT2D eigenvalue weighted by Crippen LogP contribution is 2.29. The van der Waals surface area contributed by atoms with Crippen LogP contribution >= 0.6 is 11.3 Å². The molecular formula is C21H23N3O2S. The van der Waals surface area contributed by atoms with Gasteiger partial charge in [-0.15, -0.1) is 11.3 Å². The molecule has 0 aliphatic heterocycles. The van der Waals surface area contributed by atoms with Gasteiger partial charge in [-0.1, -0.05) is 55.1 Å². The highest BCUT2D eigenvalue weighted by atomic mass is 32.1. The lowest BCUT2D eigenvalue weighted by molar-refractivity contribution is -0.116. The van der Waals surface area contributed by atoms with Crippen LogP contribution in [0, 0.1) is 5.92 Å². The van der Waals surface area contributed by atoms with Gasteiger partial charge >= 0.3 is 0 Å². The molecule has 140 valence electrons. The van der Waals surface area contributed by atoms with Crippen molar-refractivity contribution in [3.63, 3.8) is 0 Å². The molecule has 3 aromatic rings. The number of carbonyl (C=O) groups is 1. The minimum atomic E-state index is 0.0825. The Morgan fingerprint density at radius 2 is 2.04 bits per heavy atom. The third-order valence-electron chi connectivity index (χ3n) is 5.10. The summed E-state index contributed by atoms with van der Waals surface area (Å²) in [7, 11) is 0. The average Bonchev–Trinajstić information content (AvgIpc) is 3.44. The van der Waals surface area contributed by atoms with E-state index in [2.05, 4.69) is 15.5 Å². The van der Waals surface area contributed by atoms with Gasteiger partial charge in [-0.25, -0.2) is 0 Å². The standard InChI is InChI=1S/C21H23N3O2S/c25-19(12-11-15-6-1-2-7-15)22-17-9-4-3-8-16(17)14-20-23-21(24-26-20)18-10-5-13-27-18/h3-5,8-10,13,15H,1-2,6-7,11-12,14H2,(H,22,25). The second-order valence-electron chi connectivity index (χ2n) is 7.06. The maximum Gasteiger partial charge on any atom is 0.231 e. The van der Waals surface area contributed by atoms with Crippen molar-refractivity contribution >= 4 is 22.9 Å². The van der Waals surface area contributed by atoms with Gasteiger partial charge in [0.1, 0.15) is 0 Å². The van der Waals surface area contributed by atoms with Crippen molar-refractivity contribution < 1.29 is 9.32 Å². The number of amides is 1. The zero-order valence-electron chi connectivity index (χ0n) is 15.2. The van der Waals surface area contributed by atoms with Crippen molar-refractivity contribution in [3.05, 3.63) is 53.2 Å². The van der Waals surface area contributed by atoms with E-state index in [1.54, 1.807) is 11.3 Å². The molecule has 6 heteroatoms. The molecule has 1 aliphatic carbocycles. The summed E-state index contributed by atoms with van der Waals surface area (Å²) in [6.07, 6.45) is 7.24. The van der Waals surface area contributed by atoms with Gasteiger partial charge in [0, 0.05) is 12.1 Å². The summed E-state index contributed by atoms with van der Waals surface area (Å²) in [6, 6.07) is 11.7. The number of anilines is 1. The molecule has 1 saturated carbocycles. The second kappa shape index (κ2) is 8.48. The van der Waals surface area contributed by atoms with Crippen molar-refractivity contribution in [2.45, 2.75) is 44.9 Å². The fourth-order valence-corrected chi connectivity index (χ4v) is 4.29. The Labute approximate surface area is 162 Å². The van der Waals surface area contributed by atoms with Crippen LogP contribution in [0.1, 0.15) is 50.0 Å². The Morgan fingerprint density at radius 1 is 1.19 bits per heavy atom. The highest BCUT2D eigenvalue weighted by molar-refractivity contribution is 7.13. The van der Waals surface area contributed by atoms with E-state index in [0.29, 0.717) is 24.6 Å². The molecule has 0 bridgehead atoms. The topological polar surface area (TPSA) is 68.0 Å². The van der Waals surface area contributed by atoms with Gasteiger partial charge in [0.2, 0.25) is 17.6 Å². The van der Waals surface area contributed by atoms with E-state index in [-0.39, 0.29) is 5.91 Å². The summed E-state index contributed by atoms with van der Waals surface area (Å²) in [5, 5.41) is 9.11. The van der Waals surface area contributed by atoms with E-state index in [0.717, 1.165) is 28.5 Å². The van der Waals surface area contributed by atoms with Crippen molar-refractivity contribution in [3.8, 4) is 10.7 Å². The van der Waals surface area contributed by atoms with Crippen LogP contribution in [0.3, 0.4) is 0 Å². The Kier molecular flexibility index (Phi) is 5.63. The van der Waals surface area contributed by atoms with E-state index >= 15 is 0 Å². The molecule has 1 amide bonds. The Morgan fingerprint density at radius 3 is 2.85 bits per heavy atom. The second-order valence-corrected chi connectivity index (χ2v) is 8.01. The predicted octanol–water partition coefficient (Wildman–Crippen LogP) is 5.30. The Bertz CT molecular complexity index is 882. The van der Waals surface area contributed by atoms with Crippen LogP contribution in [0.5, 0.6) is 0 Å². The highest BCUT2D eigenvalue weighted by Gasteiger charge is 2.17. The van der Waals surface area contributed by atoms with Crippen molar-refractivity contribution in [2.75, 3.05) is 5.32 Å². The van der Waals surface area contributed by atoms with Crippen LogP contribution in [-0.4, -0.2) is 16.0 Å². The van der Waals surface area contributed by atoms with Crippen LogP contribution in [0.2, 0.25) is 0 Å². The monoisotopic (exact) mass is 381 g/mol. The third-order valence-corrected chi connectivity index (χ3v) is 5.96. The number of aromatic nitrogens is 2. The van der Waals surface area contributed by atoms with Gasteiger partial charge in [-0.3, -0.25) is 4.79 Å². The molecule has 1 N–H and O–H groups in total. The van der Waals surface area contributed by atoms with Crippen LogP contribution in [-0.2, 0) is 11.2 Å². The van der Waals surface area contributed by atoms with Crippen LogP contribution in [0.4, 0.5) is 5.69 Å². The normalized spacial score (nSPS) is 14.5. The van der Waals surface area contributed by atoms with Crippen LogP contribution in [0.25, 0.3) is 10.7 Å². The average molecular weight is 382 g/mol. The van der Waals surface area contributed by atoms with Crippen molar-refractivity contribution in [1.82, 2.24) is 10.1 Å². The summed E-state index contributed by atoms with van der Waals surface area (Å²) < 4.78 is 5.40. The molecule has 2 heterocycles. The maximum absolute atomic E-state index is 12.4. The largest absolute Gasteiger partial charge is 0.339 e. The lowest BCUT2D eigenvalue weighted by Gasteiger charge is -2.11. The Hall–Kier alpha value is -2.47. The quantitative estimate of drug-likeness (QED) is 0.603. The molecule has 1 fully saturated rings. The van der Waals surface area contributed by atoms with Crippen molar-refractivity contribution in [2.24, 2.45) is 5.92 Å². The van der Waals surface area contributed by atoms with E-state index in [1.807, 2.05) is 41.8 Å². The van der Waals surface area contributed by atoms with Gasteiger partial charge in [0.25, 0.3) is 0 Å². The molecular weight excluding hydrogens is 358 g/mol. The lowest BCUT2D eigenvalue weighted by Crippen LogP contribution is -2.14. The SMILES string of the molecule is O=C(CCC1CCCC1)Nc1ccccc1Cc1nc(-c2cccs2)no1. The molecule has 0 unspecified atom stereocenters. The Balaban J connectivity index is 1.39. The van der Waals surface area contributed by atoms with Gasteiger partial charge in [0.15, 0.2) is 0 Å². The predicted molar refractivity (Wildman–Crippen MR) is 107 cm³/mol. The fourth-order valence-electron chi connectivity index (χ4n) is 3.64. The number of thiophene rings is 1. The molecule has 5 nitrogen and oxygen atoms in total. The summed E-state index contributed by atoms with van der Waals surface area (Å²) in [5.41, 5.74) is 1.80. The summed E-state index contributed by atoms with van der Waals surface area (Å²) >= 11 is 1.58. The van der Waals surface area contributed by atoms with E-state index in [4.69, 9.17) is 4.52 Å². The molecule has 0 spiro atoms. The molecule has 27 heavy (non-hydrogen) atoms. The first-order valence-corrected chi connectivity index (χ1v) is 10.4. The van der Waals surface area contributed by atoms with Crippen molar-refractivity contribution in [1.29, 1.82) is 0 Å². The molecule has 1 aromatic carbocycles. The number of benzene rings is 1. The molecule has 4 rings (SSSR count). The zero-order valence-corrected chi connectivity index (χ0v) is 16.0. The fraction of sp³-hybridized carbons (Fsp3) is 0.381. The number of nitrogens with one attached hydrogen (secondary N) is 1. The van der Waals surface area contributed by atoms with Crippen LogP contribution in [0.15, 0.2) is 46.3 Å². The van der Waals surface area contributed by atoms with Crippen LogP contribution < -0.4 is 5.32 Å². The number of rotatable bonds is 7.